The minimum atomic E-state index is -0.831. The van der Waals surface area contributed by atoms with Crippen molar-refractivity contribution in [3.05, 3.63) is 35.4 Å². The summed E-state index contributed by atoms with van der Waals surface area (Å²) in [6.45, 7) is 8.99. The summed E-state index contributed by atoms with van der Waals surface area (Å²) in [6, 6.07) is 8.22. The summed E-state index contributed by atoms with van der Waals surface area (Å²) in [4.78, 5) is 13.5. The standard InChI is InChI=1S/C20H29NO3/c1-12-7-5-6-8-13(12)17-15-11-21(19(23)24)18(20(2,3)4)14(15)9-10-16(17)22/h5-8,14-18,22H,9-11H2,1-4H3,(H,23,24). The number of likely N-dealkylation sites (tertiary alicyclic amines) is 1. The van der Waals surface area contributed by atoms with Gasteiger partial charge in [0.05, 0.1) is 6.10 Å². The minimum absolute atomic E-state index is 0.0130. The number of fused-ring (bicyclic) bond motifs is 1. The molecule has 1 amide bonds. The van der Waals surface area contributed by atoms with Gasteiger partial charge in [0.15, 0.2) is 0 Å². The van der Waals surface area contributed by atoms with E-state index in [1.807, 2.05) is 12.1 Å². The first-order valence-electron chi connectivity index (χ1n) is 8.95. The van der Waals surface area contributed by atoms with Crippen molar-refractivity contribution in [2.24, 2.45) is 17.3 Å². The fourth-order valence-electron chi connectivity index (χ4n) is 5.23. The second-order valence-corrected chi connectivity index (χ2v) is 8.60. The number of aliphatic hydroxyl groups excluding tert-OH is 1. The van der Waals surface area contributed by atoms with Gasteiger partial charge in [-0.3, -0.25) is 0 Å². The molecule has 3 rings (SSSR count). The SMILES string of the molecule is Cc1ccccc1C1C(O)CCC2C1CN(C(=O)O)C2C(C)(C)C. The quantitative estimate of drug-likeness (QED) is 0.821. The second-order valence-electron chi connectivity index (χ2n) is 8.60. The Morgan fingerprint density at radius 1 is 1.17 bits per heavy atom. The van der Waals surface area contributed by atoms with Crippen LogP contribution in [0, 0.1) is 24.2 Å². The second kappa shape index (κ2) is 6.07. The average molecular weight is 331 g/mol. The molecule has 1 saturated heterocycles. The lowest BCUT2D eigenvalue weighted by atomic mass is 9.64. The van der Waals surface area contributed by atoms with E-state index >= 15 is 0 Å². The Morgan fingerprint density at radius 2 is 1.83 bits per heavy atom. The van der Waals surface area contributed by atoms with E-state index in [1.165, 1.54) is 11.1 Å². The third kappa shape index (κ3) is 2.81. The largest absolute Gasteiger partial charge is 0.465 e. The number of rotatable bonds is 1. The highest BCUT2D eigenvalue weighted by Crippen LogP contribution is 2.52. The van der Waals surface area contributed by atoms with E-state index in [1.54, 1.807) is 4.90 Å². The molecule has 1 aromatic rings. The van der Waals surface area contributed by atoms with Crippen molar-refractivity contribution >= 4 is 6.09 Å². The Morgan fingerprint density at radius 3 is 2.42 bits per heavy atom. The van der Waals surface area contributed by atoms with Crippen LogP contribution in [0.1, 0.15) is 50.7 Å². The number of aryl methyl sites for hydroxylation is 1. The Bertz CT molecular complexity index is 622. The molecule has 2 N–H and O–H groups in total. The summed E-state index contributed by atoms with van der Waals surface area (Å²) in [5.41, 5.74) is 2.26. The number of hydrogen-bond acceptors (Lipinski definition) is 2. The molecule has 4 nitrogen and oxygen atoms in total. The van der Waals surface area contributed by atoms with Crippen molar-refractivity contribution in [3.8, 4) is 0 Å². The molecule has 4 heteroatoms. The van der Waals surface area contributed by atoms with E-state index in [4.69, 9.17) is 0 Å². The number of hydrogen-bond donors (Lipinski definition) is 2. The molecule has 2 fully saturated rings. The number of carbonyl (C=O) groups is 1. The van der Waals surface area contributed by atoms with Crippen LogP contribution in [0.15, 0.2) is 24.3 Å². The van der Waals surface area contributed by atoms with Gasteiger partial charge in [0.1, 0.15) is 0 Å². The van der Waals surface area contributed by atoms with Gasteiger partial charge in [-0.2, -0.15) is 0 Å². The highest BCUT2D eigenvalue weighted by Gasteiger charge is 2.54. The highest BCUT2D eigenvalue weighted by atomic mass is 16.4. The maximum atomic E-state index is 11.9. The maximum Gasteiger partial charge on any atom is 0.407 e. The van der Waals surface area contributed by atoms with Gasteiger partial charge in [-0.15, -0.1) is 0 Å². The van der Waals surface area contributed by atoms with Gasteiger partial charge in [-0.1, -0.05) is 45.0 Å². The Balaban J connectivity index is 2.02. The van der Waals surface area contributed by atoms with Gasteiger partial charge in [0, 0.05) is 18.5 Å². The van der Waals surface area contributed by atoms with Crippen LogP contribution in [-0.4, -0.2) is 39.9 Å². The summed E-state index contributed by atoms with van der Waals surface area (Å²) >= 11 is 0. The highest BCUT2D eigenvalue weighted by molar-refractivity contribution is 5.66. The van der Waals surface area contributed by atoms with E-state index in [0.717, 1.165) is 12.8 Å². The van der Waals surface area contributed by atoms with Crippen molar-refractivity contribution in [1.29, 1.82) is 0 Å². The van der Waals surface area contributed by atoms with Crippen molar-refractivity contribution in [1.82, 2.24) is 4.90 Å². The molecule has 1 aromatic carbocycles. The van der Waals surface area contributed by atoms with Crippen LogP contribution in [0.4, 0.5) is 4.79 Å². The lowest BCUT2D eigenvalue weighted by molar-refractivity contribution is 0.0381. The summed E-state index contributed by atoms with van der Waals surface area (Å²) in [5, 5.41) is 20.5. The molecule has 1 saturated carbocycles. The predicted octanol–water partition coefficient (Wildman–Crippen LogP) is 3.87. The van der Waals surface area contributed by atoms with Gasteiger partial charge in [-0.25, -0.2) is 4.79 Å². The van der Waals surface area contributed by atoms with Gasteiger partial charge < -0.3 is 15.1 Å². The normalized spacial score (nSPS) is 33.4. The fourth-order valence-corrected chi connectivity index (χ4v) is 5.23. The summed E-state index contributed by atoms with van der Waals surface area (Å²) in [5.74, 6) is 0.531. The first-order chi connectivity index (χ1) is 11.2. The molecule has 1 heterocycles. The van der Waals surface area contributed by atoms with E-state index in [-0.39, 0.29) is 29.4 Å². The number of nitrogens with zero attached hydrogens (tertiary/aromatic N) is 1. The van der Waals surface area contributed by atoms with E-state index in [9.17, 15) is 15.0 Å². The summed E-state index contributed by atoms with van der Waals surface area (Å²) in [7, 11) is 0. The molecule has 132 valence electrons. The van der Waals surface area contributed by atoms with Crippen LogP contribution in [0.5, 0.6) is 0 Å². The molecular weight excluding hydrogens is 302 g/mol. The van der Waals surface area contributed by atoms with Crippen molar-refractivity contribution in [2.75, 3.05) is 6.54 Å². The van der Waals surface area contributed by atoms with Crippen LogP contribution < -0.4 is 0 Å². The lowest BCUT2D eigenvalue weighted by Gasteiger charge is -2.42. The first-order valence-corrected chi connectivity index (χ1v) is 8.95. The third-order valence-electron chi connectivity index (χ3n) is 6.05. The first kappa shape index (κ1) is 17.3. The molecule has 0 aromatic heterocycles. The molecule has 1 aliphatic heterocycles. The topological polar surface area (TPSA) is 60.8 Å². The zero-order chi connectivity index (χ0) is 17.6. The molecule has 0 spiro atoms. The number of aliphatic hydroxyl groups is 1. The molecule has 24 heavy (non-hydrogen) atoms. The average Bonchev–Trinajstić information content (AvgIpc) is 2.88. The number of amides is 1. The van der Waals surface area contributed by atoms with Crippen LogP contribution in [0.2, 0.25) is 0 Å². The molecule has 0 radical (unpaired) electrons. The third-order valence-corrected chi connectivity index (χ3v) is 6.05. The van der Waals surface area contributed by atoms with Crippen LogP contribution >= 0.6 is 0 Å². The zero-order valence-corrected chi connectivity index (χ0v) is 15.1. The molecule has 5 unspecified atom stereocenters. The van der Waals surface area contributed by atoms with Crippen LogP contribution in [0.25, 0.3) is 0 Å². The molecule has 5 atom stereocenters. The minimum Gasteiger partial charge on any atom is -0.465 e. The van der Waals surface area contributed by atoms with E-state index < -0.39 is 6.09 Å². The zero-order valence-electron chi connectivity index (χ0n) is 15.1. The van der Waals surface area contributed by atoms with Crippen molar-refractivity contribution in [3.63, 3.8) is 0 Å². The molecule has 1 aliphatic carbocycles. The predicted molar refractivity (Wildman–Crippen MR) is 94.1 cm³/mol. The molecule has 0 bridgehead atoms. The Labute approximate surface area is 144 Å². The van der Waals surface area contributed by atoms with Crippen LogP contribution in [-0.2, 0) is 0 Å². The van der Waals surface area contributed by atoms with Gasteiger partial charge in [-0.05, 0) is 48.1 Å². The molecular formula is C20H29NO3. The molecule has 2 aliphatic rings. The van der Waals surface area contributed by atoms with E-state index in [2.05, 4.69) is 39.8 Å². The van der Waals surface area contributed by atoms with Gasteiger partial charge >= 0.3 is 6.09 Å². The number of benzene rings is 1. The lowest BCUT2D eigenvalue weighted by Crippen LogP contribution is -2.46. The smallest absolute Gasteiger partial charge is 0.407 e. The fraction of sp³-hybridized carbons (Fsp3) is 0.650. The Kier molecular flexibility index (Phi) is 4.37. The van der Waals surface area contributed by atoms with Crippen molar-refractivity contribution in [2.45, 2.75) is 58.6 Å². The van der Waals surface area contributed by atoms with Gasteiger partial charge in [0.2, 0.25) is 0 Å². The Hall–Kier alpha value is -1.55. The maximum absolute atomic E-state index is 11.9. The van der Waals surface area contributed by atoms with Crippen LogP contribution in [0.3, 0.4) is 0 Å². The monoisotopic (exact) mass is 331 g/mol. The number of carboxylic acid groups (broad SMARTS) is 1. The van der Waals surface area contributed by atoms with E-state index in [0.29, 0.717) is 12.5 Å². The van der Waals surface area contributed by atoms with Gasteiger partial charge in [0.25, 0.3) is 0 Å². The summed E-state index contributed by atoms with van der Waals surface area (Å²) in [6.07, 6.45) is 0.434. The summed E-state index contributed by atoms with van der Waals surface area (Å²) < 4.78 is 0. The van der Waals surface area contributed by atoms with Crippen molar-refractivity contribution < 1.29 is 15.0 Å².